The van der Waals surface area contributed by atoms with Gasteiger partial charge in [0.25, 0.3) is 5.91 Å². The first kappa shape index (κ1) is 25.1. The van der Waals surface area contributed by atoms with Crippen LogP contribution in [0.2, 0.25) is 0 Å². The van der Waals surface area contributed by atoms with Crippen LogP contribution in [-0.2, 0) is 10.0 Å². The molecule has 0 fully saturated rings. The summed E-state index contributed by atoms with van der Waals surface area (Å²) >= 11 is 0. The van der Waals surface area contributed by atoms with Gasteiger partial charge in [-0.25, -0.2) is 12.8 Å². The summed E-state index contributed by atoms with van der Waals surface area (Å²) in [5.74, 6) is -1.14. The number of anilines is 1. The number of sulfonamides is 1. The van der Waals surface area contributed by atoms with E-state index in [1.807, 2.05) is 60.7 Å². The highest BCUT2D eigenvalue weighted by Crippen LogP contribution is 2.30. The molecule has 0 atom stereocenters. The van der Waals surface area contributed by atoms with Gasteiger partial charge in [-0.2, -0.15) is 4.72 Å². The molecule has 1 amide bonds. The molecule has 6 nitrogen and oxygen atoms in total. The molecule has 4 rings (SSSR count). The van der Waals surface area contributed by atoms with Crippen molar-refractivity contribution >= 4 is 21.6 Å². The molecule has 0 aromatic heterocycles. The molecule has 0 bridgehead atoms. The third kappa shape index (κ3) is 5.79. The molecule has 0 radical (unpaired) electrons. The maximum Gasteiger partial charge on any atom is 0.258 e. The summed E-state index contributed by atoms with van der Waals surface area (Å²) in [6.45, 7) is 2.05. The van der Waals surface area contributed by atoms with Gasteiger partial charge in [-0.3, -0.25) is 4.79 Å². The van der Waals surface area contributed by atoms with Crippen LogP contribution in [0.5, 0.6) is 5.75 Å². The highest BCUT2D eigenvalue weighted by molar-refractivity contribution is 7.89. The van der Waals surface area contributed by atoms with E-state index in [2.05, 4.69) is 10.0 Å². The average molecular weight is 505 g/mol. The van der Waals surface area contributed by atoms with E-state index >= 15 is 0 Å². The van der Waals surface area contributed by atoms with Gasteiger partial charge in [-0.1, -0.05) is 72.8 Å². The molecule has 0 aliphatic carbocycles. The Balaban J connectivity index is 1.69. The first-order chi connectivity index (χ1) is 17.4. The molecule has 184 valence electrons. The molecule has 0 heterocycles. The van der Waals surface area contributed by atoms with Gasteiger partial charge in [0.15, 0.2) is 0 Å². The quantitative estimate of drug-likeness (QED) is 0.313. The molecule has 2 N–H and O–H groups in total. The van der Waals surface area contributed by atoms with E-state index in [1.165, 1.54) is 36.4 Å². The lowest BCUT2D eigenvalue weighted by molar-refractivity contribution is 0.102. The Kier molecular flexibility index (Phi) is 7.77. The summed E-state index contributed by atoms with van der Waals surface area (Å²) in [6, 6.07) is 27.5. The minimum absolute atomic E-state index is 0.0772. The minimum atomic E-state index is -4.05. The minimum Gasteiger partial charge on any atom is -0.492 e. The van der Waals surface area contributed by atoms with Gasteiger partial charge in [0.2, 0.25) is 10.0 Å². The third-order valence-corrected chi connectivity index (χ3v) is 6.89. The first-order valence-electron chi connectivity index (χ1n) is 11.3. The maximum atomic E-state index is 14.1. The maximum absolute atomic E-state index is 14.1. The van der Waals surface area contributed by atoms with Crippen molar-refractivity contribution in [1.82, 2.24) is 4.72 Å². The van der Waals surface area contributed by atoms with E-state index in [-0.39, 0.29) is 28.5 Å². The van der Waals surface area contributed by atoms with E-state index in [0.29, 0.717) is 0 Å². The topological polar surface area (TPSA) is 84.5 Å². The van der Waals surface area contributed by atoms with Crippen molar-refractivity contribution in [1.29, 1.82) is 0 Å². The van der Waals surface area contributed by atoms with Gasteiger partial charge in [0.1, 0.15) is 11.6 Å². The van der Waals surface area contributed by atoms with Crippen LogP contribution < -0.4 is 14.8 Å². The zero-order chi connectivity index (χ0) is 25.5. The predicted octanol–water partition coefficient (Wildman–Crippen LogP) is 5.54. The largest absolute Gasteiger partial charge is 0.492 e. The highest BCUT2D eigenvalue weighted by atomic mass is 32.2. The number of carbonyl (C=O) groups excluding carboxylic acids is 1. The Morgan fingerprint density at radius 2 is 1.44 bits per heavy atom. The van der Waals surface area contributed by atoms with Gasteiger partial charge in [-0.15, -0.1) is 0 Å². The molecule has 0 unspecified atom stereocenters. The smallest absolute Gasteiger partial charge is 0.258 e. The summed E-state index contributed by atoms with van der Waals surface area (Å²) in [5.41, 5.74) is 1.49. The van der Waals surface area contributed by atoms with Crippen LogP contribution in [0.15, 0.2) is 108 Å². The van der Waals surface area contributed by atoms with Crippen LogP contribution in [0.1, 0.15) is 34.5 Å². The molecular formula is C28H25FN2O4S. The second kappa shape index (κ2) is 11.2. The summed E-state index contributed by atoms with van der Waals surface area (Å²) in [7, 11) is -4.05. The molecule has 4 aromatic carbocycles. The number of rotatable bonds is 9. The van der Waals surface area contributed by atoms with Crippen molar-refractivity contribution in [3.63, 3.8) is 0 Å². The van der Waals surface area contributed by atoms with Gasteiger partial charge in [-0.05, 0) is 48.4 Å². The van der Waals surface area contributed by atoms with Crippen molar-refractivity contribution < 1.29 is 22.3 Å². The lowest BCUT2D eigenvalue weighted by Gasteiger charge is -2.20. The number of ether oxygens (including phenoxy) is 1. The van der Waals surface area contributed by atoms with Crippen molar-refractivity contribution in [2.45, 2.75) is 17.9 Å². The predicted molar refractivity (Wildman–Crippen MR) is 137 cm³/mol. The zero-order valence-corrected chi connectivity index (χ0v) is 20.3. The van der Waals surface area contributed by atoms with Crippen molar-refractivity contribution in [3.8, 4) is 5.75 Å². The van der Waals surface area contributed by atoms with E-state index in [4.69, 9.17) is 4.74 Å². The fourth-order valence-corrected chi connectivity index (χ4v) is 4.97. The summed E-state index contributed by atoms with van der Waals surface area (Å²) in [4.78, 5) is 12.7. The SMILES string of the molecule is CCOc1ccc(S(=O)(=O)NC(c2ccccc2)c2ccccc2)cc1NC(=O)c1ccccc1F. The van der Waals surface area contributed by atoms with Crippen LogP contribution in [-0.4, -0.2) is 20.9 Å². The number of nitrogens with one attached hydrogen (secondary N) is 2. The Morgan fingerprint density at radius 1 is 0.861 bits per heavy atom. The normalized spacial score (nSPS) is 11.3. The van der Waals surface area contributed by atoms with E-state index < -0.39 is 27.8 Å². The van der Waals surface area contributed by atoms with Crippen LogP contribution in [0, 0.1) is 5.82 Å². The molecule has 0 saturated heterocycles. The Hall–Kier alpha value is -4.01. The Morgan fingerprint density at radius 3 is 2.03 bits per heavy atom. The molecule has 0 saturated carbocycles. The second-order valence-corrected chi connectivity index (χ2v) is 9.61. The number of halogens is 1. The lowest BCUT2D eigenvalue weighted by Crippen LogP contribution is -2.29. The fraction of sp³-hybridized carbons (Fsp3) is 0.107. The molecule has 0 spiro atoms. The van der Waals surface area contributed by atoms with Crippen LogP contribution in [0.4, 0.5) is 10.1 Å². The van der Waals surface area contributed by atoms with Crippen LogP contribution in [0.3, 0.4) is 0 Å². The summed E-state index contributed by atoms with van der Waals surface area (Å²) in [5, 5.41) is 2.59. The van der Waals surface area contributed by atoms with Gasteiger partial charge < -0.3 is 10.1 Å². The fourth-order valence-electron chi connectivity index (χ4n) is 3.73. The van der Waals surface area contributed by atoms with Crippen molar-refractivity contribution in [3.05, 3.63) is 126 Å². The number of amides is 1. The third-order valence-electron chi connectivity index (χ3n) is 5.47. The number of benzene rings is 4. The van der Waals surface area contributed by atoms with E-state index in [0.717, 1.165) is 11.1 Å². The first-order valence-corrected chi connectivity index (χ1v) is 12.8. The molecule has 0 aliphatic heterocycles. The lowest BCUT2D eigenvalue weighted by atomic mass is 10.00. The van der Waals surface area contributed by atoms with Crippen LogP contribution in [0.25, 0.3) is 0 Å². The van der Waals surface area contributed by atoms with Gasteiger partial charge in [0, 0.05) is 0 Å². The summed E-state index contributed by atoms with van der Waals surface area (Å²) < 4.78 is 49.5. The molecule has 36 heavy (non-hydrogen) atoms. The van der Waals surface area contributed by atoms with E-state index in [9.17, 15) is 17.6 Å². The van der Waals surface area contributed by atoms with Crippen molar-refractivity contribution in [2.24, 2.45) is 0 Å². The Bertz CT molecular complexity index is 1410. The van der Waals surface area contributed by atoms with Crippen LogP contribution >= 0.6 is 0 Å². The van der Waals surface area contributed by atoms with Gasteiger partial charge in [0.05, 0.1) is 28.8 Å². The number of hydrogen-bond acceptors (Lipinski definition) is 4. The van der Waals surface area contributed by atoms with E-state index in [1.54, 1.807) is 13.0 Å². The Labute approximate surface area is 209 Å². The van der Waals surface area contributed by atoms with Crippen molar-refractivity contribution in [2.75, 3.05) is 11.9 Å². The summed E-state index contributed by atoms with van der Waals surface area (Å²) in [6.07, 6.45) is 0. The number of carbonyl (C=O) groups is 1. The van der Waals surface area contributed by atoms with Gasteiger partial charge >= 0.3 is 0 Å². The zero-order valence-electron chi connectivity index (χ0n) is 19.5. The molecular weight excluding hydrogens is 479 g/mol. The monoisotopic (exact) mass is 504 g/mol. The highest BCUT2D eigenvalue weighted by Gasteiger charge is 2.24. The molecule has 0 aliphatic rings. The number of hydrogen-bond donors (Lipinski definition) is 2. The molecule has 8 heteroatoms. The molecule has 4 aromatic rings. The second-order valence-electron chi connectivity index (χ2n) is 7.90. The average Bonchev–Trinajstić information content (AvgIpc) is 2.89. The standard InChI is InChI=1S/C28H25FN2O4S/c1-2-35-26-18-17-22(19-25(26)30-28(32)23-15-9-10-16-24(23)29)36(33,34)31-27(20-11-5-3-6-12-20)21-13-7-4-8-14-21/h3-19,27,31H,2H2,1H3,(H,30,32).